The number of fused-ring (bicyclic) bond motifs is 1. The molecule has 0 bridgehead atoms. The molecule has 7 heteroatoms. The average Bonchev–Trinajstić information content (AvgIpc) is 3.17. The lowest BCUT2D eigenvalue weighted by atomic mass is 10.1. The van der Waals surface area contributed by atoms with Crippen molar-refractivity contribution in [2.75, 3.05) is 33.0 Å². The van der Waals surface area contributed by atoms with Gasteiger partial charge in [0.2, 0.25) is 12.7 Å². The minimum Gasteiger partial charge on any atom is -0.454 e. The van der Waals surface area contributed by atoms with Gasteiger partial charge in [0, 0.05) is 39.1 Å². The lowest BCUT2D eigenvalue weighted by molar-refractivity contribution is -0.133. The molecule has 2 aromatic carbocycles. The minimum atomic E-state index is 0.189. The van der Waals surface area contributed by atoms with Gasteiger partial charge in [-0.1, -0.05) is 35.3 Å². The van der Waals surface area contributed by atoms with Gasteiger partial charge < -0.3 is 14.4 Å². The van der Waals surface area contributed by atoms with Crippen LogP contribution in [0.4, 0.5) is 0 Å². The minimum absolute atomic E-state index is 0.189. The number of halogens is 2. The predicted molar refractivity (Wildman–Crippen MR) is 109 cm³/mol. The zero-order chi connectivity index (χ0) is 19.5. The summed E-state index contributed by atoms with van der Waals surface area (Å²) in [6, 6.07) is 11.6. The lowest BCUT2D eigenvalue weighted by Crippen LogP contribution is -2.48. The van der Waals surface area contributed by atoms with Gasteiger partial charge in [-0.3, -0.25) is 9.69 Å². The monoisotopic (exact) mass is 420 g/mol. The highest BCUT2D eigenvalue weighted by molar-refractivity contribution is 6.42. The van der Waals surface area contributed by atoms with Gasteiger partial charge in [0.05, 0.1) is 10.0 Å². The van der Waals surface area contributed by atoms with E-state index in [4.69, 9.17) is 32.7 Å². The van der Waals surface area contributed by atoms with Crippen LogP contribution in [-0.4, -0.2) is 48.7 Å². The quantitative estimate of drug-likeness (QED) is 0.732. The Balaban J connectivity index is 1.24. The topological polar surface area (TPSA) is 42.0 Å². The van der Waals surface area contributed by atoms with Crippen molar-refractivity contribution < 1.29 is 14.3 Å². The van der Waals surface area contributed by atoms with Gasteiger partial charge in [-0.05, 0) is 41.8 Å². The van der Waals surface area contributed by atoms with Crippen LogP contribution in [0.1, 0.15) is 17.5 Å². The third-order valence-corrected chi connectivity index (χ3v) is 5.92. The van der Waals surface area contributed by atoms with Gasteiger partial charge in [-0.25, -0.2) is 0 Å². The Kier molecular flexibility index (Phi) is 5.95. The summed E-state index contributed by atoms with van der Waals surface area (Å²) in [5.74, 6) is 1.81. The van der Waals surface area contributed by atoms with Crippen LogP contribution in [0.25, 0.3) is 0 Å². The largest absolute Gasteiger partial charge is 0.454 e. The Bertz CT molecular complexity index is 867. The van der Waals surface area contributed by atoms with Crippen LogP contribution >= 0.6 is 23.2 Å². The van der Waals surface area contributed by atoms with Crippen LogP contribution in [-0.2, 0) is 17.8 Å². The molecule has 0 saturated carbocycles. The first-order valence-electron chi connectivity index (χ1n) is 9.41. The molecule has 2 aliphatic rings. The second-order valence-corrected chi connectivity index (χ2v) is 7.91. The molecule has 5 nitrogen and oxygen atoms in total. The molecule has 0 aromatic heterocycles. The van der Waals surface area contributed by atoms with Crippen molar-refractivity contribution in [1.29, 1.82) is 0 Å². The van der Waals surface area contributed by atoms with Crippen molar-refractivity contribution >= 4 is 29.1 Å². The van der Waals surface area contributed by atoms with Crippen molar-refractivity contribution in [2.24, 2.45) is 0 Å². The molecule has 4 rings (SSSR count). The third-order valence-electron chi connectivity index (χ3n) is 5.18. The number of hydrogen-bond donors (Lipinski definition) is 0. The van der Waals surface area contributed by atoms with E-state index < -0.39 is 0 Å². The Morgan fingerprint density at radius 1 is 0.893 bits per heavy atom. The number of amides is 1. The molecule has 0 unspecified atom stereocenters. The van der Waals surface area contributed by atoms with Crippen molar-refractivity contribution in [2.45, 2.75) is 19.4 Å². The second kappa shape index (κ2) is 8.60. The molecule has 1 amide bonds. The van der Waals surface area contributed by atoms with Gasteiger partial charge in [0.1, 0.15) is 0 Å². The second-order valence-electron chi connectivity index (χ2n) is 7.09. The van der Waals surface area contributed by atoms with E-state index in [0.29, 0.717) is 29.7 Å². The highest BCUT2D eigenvalue weighted by Crippen LogP contribution is 2.32. The highest BCUT2D eigenvalue weighted by atomic mass is 35.5. The lowest BCUT2D eigenvalue weighted by Gasteiger charge is -2.35. The first-order valence-corrected chi connectivity index (χ1v) is 10.2. The fourth-order valence-corrected chi connectivity index (χ4v) is 3.88. The van der Waals surface area contributed by atoms with E-state index in [9.17, 15) is 4.79 Å². The Labute approximate surface area is 174 Å². The van der Waals surface area contributed by atoms with Crippen molar-refractivity contribution in [3.8, 4) is 11.5 Å². The average molecular weight is 421 g/mol. The van der Waals surface area contributed by atoms with Gasteiger partial charge in [0.25, 0.3) is 0 Å². The molecule has 0 N–H and O–H groups in total. The van der Waals surface area contributed by atoms with Gasteiger partial charge >= 0.3 is 0 Å². The number of aryl methyl sites for hydroxylation is 1. The Morgan fingerprint density at radius 3 is 2.43 bits per heavy atom. The van der Waals surface area contributed by atoms with E-state index in [1.165, 1.54) is 5.56 Å². The van der Waals surface area contributed by atoms with Crippen LogP contribution in [0.2, 0.25) is 10.0 Å². The third kappa shape index (κ3) is 4.54. The summed E-state index contributed by atoms with van der Waals surface area (Å²) in [7, 11) is 0. The summed E-state index contributed by atoms with van der Waals surface area (Å²) < 4.78 is 10.8. The molecule has 148 valence electrons. The maximum absolute atomic E-state index is 12.5. The first-order chi connectivity index (χ1) is 13.6. The number of ether oxygens (including phenoxy) is 2. The molecule has 1 fully saturated rings. The zero-order valence-electron chi connectivity index (χ0n) is 15.5. The summed E-state index contributed by atoms with van der Waals surface area (Å²) >= 11 is 12.0. The summed E-state index contributed by atoms with van der Waals surface area (Å²) in [5, 5.41) is 1.07. The Hall–Kier alpha value is -1.95. The van der Waals surface area contributed by atoms with E-state index in [1.807, 2.05) is 29.2 Å². The summed E-state index contributed by atoms with van der Waals surface area (Å²) in [4.78, 5) is 16.8. The van der Waals surface area contributed by atoms with Crippen LogP contribution in [0.15, 0.2) is 36.4 Å². The fourth-order valence-electron chi connectivity index (χ4n) is 3.56. The summed E-state index contributed by atoms with van der Waals surface area (Å²) in [6.07, 6.45) is 1.16. The normalized spacial score (nSPS) is 16.4. The van der Waals surface area contributed by atoms with Crippen molar-refractivity contribution in [3.05, 3.63) is 57.6 Å². The predicted octanol–water partition coefficient (Wildman–Crippen LogP) is 4.00. The SMILES string of the molecule is O=C(CCc1ccc(Cl)c(Cl)c1)N1CCN(Cc2ccc3c(c2)OCO3)CC1. The van der Waals surface area contributed by atoms with Crippen molar-refractivity contribution in [3.63, 3.8) is 0 Å². The van der Waals surface area contributed by atoms with Gasteiger partial charge in [0.15, 0.2) is 11.5 Å². The van der Waals surface area contributed by atoms with E-state index in [0.717, 1.165) is 49.8 Å². The van der Waals surface area contributed by atoms with Gasteiger partial charge in [-0.2, -0.15) is 0 Å². The van der Waals surface area contributed by atoms with Crippen molar-refractivity contribution in [1.82, 2.24) is 9.80 Å². The van der Waals surface area contributed by atoms with Gasteiger partial charge in [-0.15, -0.1) is 0 Å². The number of carbonyl (C=O) groups is 1. The van der Waals surface area contributed by atoms with Crippen LogP contribution in [0, 0.1) is 0 Å². The maximum Gasteiger partial charge on any atom is 0.231 e. The molecular formula is C21H22Cl2N2O3. The number of carbonyl (C=O) groups excluding carboxylic acids is 1. The number of benzene rings is 2. The van der Waals surface area contributed by atoms with Crippen LogP contribution in [0.3, 0.4) is 0 Å². The zero-order valence-corrected chi connectivity index (χ0v) is 17.0. The molecule has 0 atom stereocenters. The van der Waals surface area contributed by atoms with E-state index in [2.05, 4.69) is 11.0 Å². The van der Waals surface area contributed by atoms with E-state index in [1.54, 1.807) is 6.07 Å². The number of nitrogens with zero attached hydrogens (tertiary/aromatic N) is 2. The molecule has 0 spiro atoms. The Morgan fingerprint density at radius 2 is 1.64 bits per heavy atom. The number of piperazine rings is 1. The molecule has 0 radical (unpaired) electrons. The molecule has 2 aromatic rings. The molecule has 2 heterocycles. The molecular weight excluding hydrogens is 399 g/mol. The van der Waals surface area contributed by atoms with Crippen LogP contribution in [0.5, 0.6) is 11.5 Å². The fraction of sp³-hybridized carbons (Fsp3) is 0.381. The van der Waals surface area contributed by atoms with E-state index in [-0.39, 0.29) is 5.91 Å². The first kappa shape index (κ1) is 19.4. The molecule has 2 aliphatic heterocycles. The number of hydrogen-bond acceptors (Lipinski definition) is 4. The van der Waals surface area contributed by atoms with E-state index >= 15 is 0 Å². The molecule has 0 aliphatic carbocycles. The maximum atomic E-state index is 12.5. The molecule has 1 saturated heterocycles. The highest BCUT2D eigenvalue weighted by Gasteiger charge is 2.22. The van der Waals surface area contributed by atoms with Crippen LogP contribution < -0.4 is 9.47 Å². The smallest absolute Gasteiger partial charge is 0.231 e. The summed E-state index contributed by atoms with van der Waals surface area (Å²) in [6.45, 7) is 4.39. The standard InChI is InChI=1S/C21H22Cl2N2O3/c22-17-4-1-15(11-18(17)23)3-6-21(26)25-9-7-24(8-10-25)13-16-2-5-19-20(12-16)28-14-27-19/h1-2,4-5,11-12H,3,6-10,13-14H2. The molecule has 28 heavy (non-hydrogen) atoms. The number of rotatable bonds is 5. The summed E-state index contributed by atoms with van der Waals surface area (Å²) in [5.41, 5.74) is 2.23.